The Morgan fingerprint density at radius 3 is 2.26 bits per heavy atom. The van der Waals surface area contributed by atoms with Crippen molar-refractivity contribution >= 4 is 17.5 Å². The van der Waals surface area contributed by atoms with Crippen LogP contribution in [0.2, 0.25) is 0 Å². The van der Waals surface area contributed by atoms with Gasteiger partial charge >= 0.3 is 0 Å². The van der Waals surface area contributed by atoms with Crippen LogP contribution in [0.1, 0.15) is 33.9 Å². The van der Waals surface area contributed by atoms with Crippen LogP contribution < -0.4 is 19.5 Å². The molecule has 176 valence electrons. The Morgan fingerprint density at radius 2 is 1.65 bits per heavy atom. The highest BCUT2D eigenvalue weighted by molar-refractivity contribution is 5.99. The Kier molecular flexibility index (Phi) is 6.67. The zero-order valence-electron chi connectivity index (χ0n) is 19.1. The lowest BCUT2D eigenvalue weighted by Gasteiger charge is -2.29. The molecule has 0 aromatic heterocycles. The third-order valence-electron chi connectivity index (χ3n) is 5.82. The van der Waals surface area contributed by atoms with Crippen LogP contribution in [-0.2, 0) is 11.3 Å². The summed E-state index contributed by atoms with van der Waals surface area (Å²) in [6, 6.07) is 16.0. The summed E-state index contributed by atoms with van der Waals surface area (Å²) in [6.45, 7) is 0.337. The number of halogens is 1. The quantitative estimate of drug-likeness (QED) is 0.528. The molecule has 1 N–H and O–H groups in total. The Hall–Kier alpha value is -4.07. The maximum absolute atomic E-state index is 14.1. The first kappa shape index (κ1) is 23.1. The van der Waals surface area contributed by atoms with Crippen LogP contribution >= 0.6 is 0 Å². The minimum Gasteiger partial charge on any atom is -0.493 e. The lowest BCUT2D eigenvalue weighted by Crippen LogP contribution is -2.32. The molecule has 1 aliphatic rings. The maximum Gasteiger partial charge on any atom is 0.255 e. The predicted octanol–water partition coefficient (Wildman–Crippen LogP) is 4.58. The van der Waals surface area contributed by atoms with Gasteiger partial charge in [-0.1, -0.05) is 30.3 Å². The van der Waals surface area contributed by atoms with Crippen molar-refractivity contribution in [1.82, 2.24) is 4.90 Å². The largest absolute Gasteiger partial charge is 0.493 e. The molecule has 0 bridgehead atoms. The lowest BCUT2D eigenvalue weighted by molar-refractivity contribution is -0.117. The molecule has 0 aliphatic carbocycles. The molecule has 34 heavy (non-hydrogen) atoms. The lowest BCUT2D eigenvalue weighted by atomic mass is 10.00. The molecule has 7 nitrogen and oxygen atoms in total. The summed E-state index contributed by atoms with van der Waals surface area (Å²) in [7, 11) is 4.50. The monoisotopic (exact) mass is 464 g/mol. The van der Waals surface area contributed by atoms with E-state index in [1.807, 2.05) is 12.1 Å². The minimum absolute atomic E-state index is 0.0761. The number of ether oxygens (including phenoxy) is 3. The van der Waals surface area contributed by atoms with E-state index < -0.39 is 17.8 Å². The Bertz CT molecular complexity index is 1200. The highest BCUT2D eigenvalue weighted by atomic mass is 19.1. The van der Waals surface area contributed by atoms with Gasteiger partial charge in [0.25, 0.3) is 5.91 Å². The van der Waals surface area contributed by atoms with Crippen molar-refractivity contribution in [3.8, 4) is 17.2 Å². The third kappa shape index (κ3) is 4.39. The second-order valence-corrected chi connectivity index (χ2v) is 7.80. The van der Waals surface area contributed by atoms with E-state index in [2.05, 4.69) is 5.32 Å². The van der Waals surface area contributed by atoms with E-state index >= 15 is 0 Å². The second-order valence-electron chi connectivity index (χ2n) is 7.80. The molecule has 2 amide bonds. The smallest absolute Gasteiger partial charge is 0.255 e. The topological polar surface area (TPSA) is 77.1 Å². The summed E-state index contributed by atoms with van der Waals surface area (Å²) < 4.78 is 30.5. The number of para-hydroxylation sites is 1. The van der Waals surface area contributed by atoms with Gasteiger partial charge in [0.05, 0.1) is 39.5 Å². The SMILES string of the molecule is COc1cc([C@@H](CC(=O)Nc2ccccc2F)N2Cc3ccccc3C2=O)cc(OC)c1OC. The molecule has 1 aliphatic heterocycles. The van der Waals surface area contributed by atoms with E-state index in [1.165, 1.54) is 33.5 Å². The Balaban J connectivity index is 1.73. The molecule has 8 heteroatoms. The van der Waals surface area contributed by atoms with Crippen LogP contribution in [-0.4, -0.2) is 38.0 Å². The van der Waals surface area contributed by atoms with Crippen molar-refractivity contribution < 1.29 is 28.2 Å². The minimum atomic E-state index is -0.666. The molecule has 0 spiro atoms. The van der Waals surface area contributed by atoms with Gasteiger partial charge in [0.15, 0.2) is 11.5 Å². The highest BCUT2D eigenvalue weighted by Gasteiger charge is 2.35. The first-order chi connectivity index (χ1) is 16.5. The fourth-order valence-electron chi connectivity index (χ4n) is 4.17. The standard InChI is InChI=1S/C26H25FN2O5/c1-32-22-12-17(13-23(33-2)25(22)34-3)21(14-24(30)28-20-11-7-6-10-19(20)27)29-15-16-8-4-5-9-18(16)26(29)31/h4-13,21H,14-15H2,1-3H3,(H,28,30)/t21-/m1/s1. The van der Waals surface area contributed by atoms with Gasteiger partial charge in [-0.25, -0.2) is 4.39 Å². The van der Waals surface area contributed by atoms with Gasteiger partial charge in [-0.15, -0.1) is 0 Å². The number of hydrogen-bond acceptors (Lipinski definition) is 5. The molecule has 1 heterocycles. The van der Waals surface area contributed by atoms with E-state index in [-0.39, 0.29) is 18.0 Å². The number of nitrogens with one attached hydrogen (secondary N) is 1. The van der Waals surface area contributed by atoms with Gasteiger partial charge in [0.1, 0.15) is 5.82 Å². The summed E-state index contributed by atoms with van der Waals surface area (Å²) in [5.74, 6) is 0.0471. The van der Waals surface area contributed by atoms with E-state index in [9.17, 15) is 14.0 Å². The molecule has 3 aromatic carbocycles. The van der Waals surface area contributed by atoms with Gasteiger partial charge in [0, 0.05) is 12.1 Å². The van der Waals surface area contributed by atoms with Crippen molar-refractivity contribution in [2.24, 2.45) is 0 Å². The third-order valence-corrected chi connectivity index (χ3v) is 5.82. The van der Waals surface area contributed by atoms with Gasteiger partial charge in [-0.2, -0.15) is 0 Å². The number of benzene rings is 3. The van der Waals surface area contributed by atoms with E-state index in [1.54, 1.807) is 41.3 Å². The summed E-state index contributed by atoms with van der Waals surface area (Å²) in [4.78, 5) is 27.9. The zero-order valence-corrected chi connectivity index (χ0v) is 19.1. The number of amides is 2. The van der Waals surface area contributed by atoms with Gasteiger partial charge < -0.3 is 24.4 Å². The predicted molar refractivity (Wildman–Crippen MR) is 125 cm³/mol. The number of nitrogens with zero attached hydrogens (tertiary/aromatic N) is 1. The van der Waals surface area contributed by atoms with Crippen molar-refractivity contribution in [3.63, 3.8) is 0 Å². The summed E-state index contributed by atoms with van der Waals surface area (Å²) in [5.41, 5.74) is 2.17. The number of fused-ring (bicyclic) bond motifs is 1. The summed E-state index contributed by atoms with van der Waals surface area (Å²) in [6.07, 6.45) is -0.104. The number of carbonyl (C=O) groups excluding carboxylic acids is 2. The number of hydrogen-bond donors (Lipinski definition) is 1. The molecule has 4 rings (SSSR count). The molecular weight excluding hydrogens is 439 g/mol. The van der Waals surface area contributed by atoms with E-state index in [4.69, 9.17) is 14.2 Å². The average Bonchev–Trinajstić information content (AvgIpc) is 3.19. The van der Waals surface area contributed by atoms with Crippen LogP contribution in [0.3, 0.4) is 0 Å². The van der Waals surface area contributed by atoms with Crippen molar-refractivity contribution in [2.45, 2.75) is 19.0 Å². The molecule has 3 aromatic rings. The highest BCUT2D eigenvalue weighted by Crippen LogP contribution is 2.43. The van der Waals surface area contributed by atoms with Crippen LogP contribution in [0.15, 0.2) is 60.7 Å². The van der Waals surface area contributed by atoms with Crippen LogP contribution in [0.25, 0.3) is 0 Å². The fraction of sp³-hybridized carbons (Fsp3) is 0.231. The van der Waals surface area contributed by atoms with Crippen molar-refractivity contribution in [3.05, 3.63) is 83.2 Å². The van der Waals surface area contributed by atoms with Crippen LogP contribution in [0.5, 0.6) is 17.2 Å². The van der Waals surface area contributed by atoms with Crippen molar-refractivity contribution in [2.75, 3.05) is 26.6 Å². The van der Waals surface area contributed by atoms with Crippen LogP contribution in [0, 0.1) is 5.82 Å². The normalized spacial score (nSPS) is 13.3. The molecule has 0 saturated carbocycles. The first-order valence-electron chi connectivity index (χ1n) is 10.7. The Labute approximate surface area is 197 Å². The molecular formula is C26H25FN2O5. The molecule has 0 radical (unpaired) electrons. The number of methoxy groups -OCH3 is 3. The van der Waals surface area contributed by atoms with E-state index in [0.717, 1.165) is 5.56 Å². The van der Waals surface area contributed by atoms with Crippen LogP contribution in [0.4, 0.5) is 10.1 Å². The summed E-state index contributed by atoms with van der Waals surface area (Å²) in [5, 5.41) is 2.61. The number of anilines is 1. The van der Waals surface area contributed by atoms with Gasteiger partial charge in [0.2, 0.25) is 11.7 Å². The summed E-state index contributed by atoms with van der Waals surface area (Å²) >= 11 is 0. The number of carbonyl (C=O) groups is 2. The fourth-order valence-corrected chi connectivity index (χ4v) is 4.17. The number of rotatable bonds is 8. The molecule has 0 unspecified atom stereocenters. The van der Waals surface area contributed by atoms with Gasteiger partial charge in [-0.05, 0) is 41.5 Å². The van der Waals surface area contributed by atoms with Gasteiger partial charge in [-0.3, -0.25) is 9.59 Å². The van der Waals surface area contributed by atoms with E-state index in [0.29, 0.717) is 34.9 Å². The second kappa shape index (κ2) is 9.82. The molecule has 0 saturated heterocycles. The maximum atomic E-state index is 14.1. The Morgan fingerprint density at radius 1 is 1.00 bits per heavy atom. The molecule has 1 atom stereocenters. The van der Waals surface area contributed by atoms with Crippen molar-refractivity contribution in [1.29, 1.82) is 0 Å². The first-order valence-corrected chi connectivity index (χ1v) is 10.7. The average molecular weight is 464 g/mol. The zero-order chi connectivity index (χ0) is 24.2. The molecule has 0 fully saturated rings.